The lowest BCUT2D eigenvalue weighted by molar-refractivity contribution is -0.389. The third-order valence-electron chi connectivity index (χ3n) is 11.8. The van der Waals surface area contributed by atoms with E-state index in [1.54, 1.807) is 63.2 Å². The molecule has 4 aromatic rings. The van der Waals surface area contributed by atoms with Crippen LogP contribution in [0.5, 0.6) is 23.0 Å². The van der Waals surface area contributed by atoms with E-state index in [4.69, 9.17) is 18.9 Å². The molecule has 1 unspecified atom stereocenters. The lowest BCUT2D eigenvalue weighted by Crippen LogP contribution is -2.56. The van der Waals surface area contributed by atoms with Gasteiger partial charge >= 0.3 is 30.7 Å². The number of urea groups is 1. The quantitative estimate of drug-likeness (QED) is 0.0530. The molecule has 0 aromatic heterocycles. The highest BCUT2D eigenvalue weighted by Crippen LogP contribution is 2.55. The number of nitrogens with one attached hydrogen (secondary N) is 1. The van der Waals surface area contributed by atoms with Crippen LogP contribution in [0.25, 0.3) is 0 Å². The topological polar surface area (TPSA) is 105 Å². The Morgan fingerprint density at radius 2 is 1.11 bits per heavy atom. The number of fused-ring (bicyclic) bond motifs is 1. The number of alkyl halides is 12. The number of aryl methyl sites for hydroxylation is 2. The molecule has 0 spiro atoms. The van der Waals surface area contributed by atoms with Gasteiger partial charge < -0.3 is 33.7 Å². The lowest BCUT2D eigenvalue weighted by atomic mass is 9.89. The molecular formula is C50H54F12N2O8. The summed E-state index contributed by atoms with van der Waals surface area (Å²) >= 11 is 0. The van der Waals surface area contributed by atoms with Gasteiger partial charge in [0.15, 0.2) is 11.5 Å². The van der Waals surface area contributed by atoms with Crippen molar-refractivity contribution in [2.75, 3.05) is 33.2 Å². The second kappa shape index (κ2) is 22.9. The van der Waals surface area contributed by atoms with Crippen LogP contribution in [0.3, 0.4) is 0 Å². The fourth-order valence-electron chi connectivity index (χ4n) is 8.30. The van der Waals surface area contributed by atoms with Crippen molar-refractivity contribution in [2.24, 2.45) is 0 Å². The molecule has 396 valence electrons. The number of ether oxygens (including phenoxy) is 6. The van der Waals surface area contributed by atoms with Crippen molar-refractivity contribution in [3.63, 3.8) is 0 Å². The van der Waals surface area contributed by atoms with Gasteiger partial charge in [0.2, 0.25) is 6.79 Å². The van der Waals surface area contributed by atoms with Crippen LogP contribution in [-0.2, 0) is 50.5 Å². The zero-order valence-electron chi connectivity index (χ0n) is 39.8. The number of nitrogens with zero attached hydrogens (tertiary/aromatic N) is 1. The Balaban J connectivity index is 0.000000289. The molecule has 1 saturated heterocycles. The van der Waals surface area contributed by atoms with E-state index < -0.39 is 77.7 Å². The van der Waals surface area contributed by atoms with Crippen LogP contribution in [0, 0.1) is 0 Å². The van der Waals surface area contributed by atoms with E-state index in [1.807, 2.05) is 6.07 Å². The van der Waals surface area contributed by atoms with E-state index in [-0.39, 0.29) is 62.0 Å². The van der Waals surface area contributed by atoms with Gasteiger partial charge in [0.05, 0.1) is 6.61 Å². The standard InChI is InChI=1S/C29H32F6N2O6.C21H22F6O2/c1-4-8-18-15-20(27(43-5-2,28(30,31)32)29(33,34)35)10-11-21(18)40-14-7-6-13-37-24(38)26(3,36-25(37)39)19-9-12-22-23(16-19)42-17-41-22;1-3-8-16-13-17(19(29-4-2,20(22,23)24)21(25,26)27)11-12-18(16)28-14-15-9-6-5-7-10-15/h9-12,15-16H,4-8,13-14,17H2,1-3H3,(H,36,39);5-7,9-13H,3-4,8,14H2,1-2H3. The summed E-state index contributed by atoms with van der Waals surface area (Å²) in [5, 5.41) is 2.71. The average molecular weight is 1040 g/mol. The Labute approximate surface area is 407 Å². The number of imide groups is 1. The first kappa shape index (κ1) is 57.0. The van der Waals surface area contributed by atoms with Crippen LogP contribution < -0.4 is 24.3 Å². The van der Waals surface area contributed by atoms with Crippen LogP contribution in [0.4, 0.5) is 57.5 Å². The van der Waals surface area contributed by atoms with Crippen molar-refractivity contribution < 1.29 is 90.7 Å². The molecule has 2 heterocycles. The van der Waals surface area contributed by atoms with E-state index >= 15 is 0 Å². The predicted octanol–water partition coefficient (Wildman–Crippen LogP) is 12.9. The minimum absolute atomic E-state index is 0.0499. The van der Waals surface area contributed by atoms with Gasteiger partial charge in [0.1, 0.15) is 23.6 Å². The lowest BCUT2D eigenvalue weighted by Gasteiger charge is -2.37. The molecule has 3 amide bonds. The Kier molecular flexibility index (Phi) is 18.1. The van der Waals surface area contributed by atoms with E-state index in [0.29, 0.717) is 42.7 Å². The number of carbonyl (C=O) groups is 2. The summed E-state index contributed by atoms with van der Waals surface area (Å²) in [4.78, 5) is 26.9. The minimum atomic E-state index is -5.76. The smallest absolute Gasteiger partial charge is 0.430 e. The van der Waals surface area contributed by atoms with Crippen molar-refractivity contribution in [2.45, 2.75) is 121 Å². The summed E-state index contributed by atoms with van der Waals surface area (Å²) in [6.07, 6.45) is -20.8. The monoisotopic (exact) mass is 1040 g/mol. The molecule has 72 heavy (non-hydrogen) atoms. The average Bonchev–Trinajstić information content (AvgIpc) is 3.86. The van der Waals surface area contributed by atoms with Gasteiger partial charge in [-0.2, -0.15) is 52.7 Å². The molecule has 10 nitrogen and oxygen atoms in total. The molecular weight excluding hydrogens is 985 g/mol. The number of unbranched alkanes of at least 4 members (excludes halogenated alkanes) is 1. The van der Waals surface area contributed by atoms with Gasteiger partial charge in [0, 0.05) is 30.9 Å². The maximum Gasteiger partial charge on any atom is 0.430 e. The second-order valence-electron chi connectivity index (χ2n) is 16.8. The highest BCUT2D eigenvalue weighted by atomic mass is 19.4. The molecule has 0 bridgehead atoms. The van der Waals surface area contributed by atoms with E-state index in [1.165, 1.54) is 0 Å². The molecule has 6 rings (SSSR count). The van der Waals surface area contributed by atoms with Gasteiger partial charge in [0.25, 0.3) is 17.1 Å². The van der Waals surface area contributed by atoms with Crippen molar-refractivity contribution in [1.82, 2.24) is 10.2 Å². The molecule has 2 aliphatic rings. The molecule has 1 N–H and O–H groups in total. The summed E-state index contributed by atoms with van der Waals surface area (Å²) in [6.45, 7) is 6.01. The maximum atomic E-state index is 13.9. The SMILES string of the molecule is CCCc1cc(C(OCC)(C(F)(F)F)C(F)(F)F)ccc1OCCCCN1C(=O)NC(C)(c2ccc3c(c2)OCO3)C1=O.CCCc1cc(C(OCC)(C(F)(F)F)C(F)(F)F)ccc1OCc1ccccc1. The zero-order valence-corrected chi connectivity index (χ0v) is 39.8. The van der Waals surface area contributed by atoms with Crippen molar-refractivity contribution in [1.29, 1.82) is 0 Å². The van der Waals surface area contributed by atoms with Crippen LogP contribution >= 0.6 is 0 Å². The predicted molar refractivity (Wildman–Crippen MR) is 237 cm³/mol. The third-order valence-corrected chi connectivity index (χ3v) is 11.8. The first-order chi connectivity index (χ1) is 33.8. The highest BCUT2D eigenvalue weighted by Gasteiger charge is 2.74. The van der Waals surface area contributed by atoms with E-state index in [0.717, 1.165) is 60.7 Å². The molecule has 1 atom stereocenters. The summed E-state index contributed by atoms with van der Waals surface area (Å²) in [7, 11) is 0. The Morgan fingerprint density at radius 3 is 1.60 bits per heavy atom. The number of carbonyl (C=O) groups excluding carboxylic acids is 2. The molecule has 22 heteroatoms. The van der Waals surface area contributed by atoms with Gasteiger partial charge in [-0.15, -0.1) is 0 Å². The number of amides is 3. The number of rotatable bonds is 20. The van der Waals surface area contributed by atoms with Crippen LogP contribution in [0.1, 0.15) is 93.7 Å². The largest absolute Gasteiger partial charge is 0.493 e. The number of benzene rings is 4. The van der Waals surface area contributed by atoms with Crippen molar-refractivity contribution in [3.8, 4) is 23.0 Å². The fourth-order valence-corrected chi connectivity index (χ4v) is 8.30. The molecule has 1 fully saturated rings. The van der Waals surface area contributed by atoms with E-state index in [2.05, 4.69) is 14.8 Å². The summed E-state index contributed by atoms with van der Waals surface area (Å²) in [6, 6.07) is 18.9. The van der Waals surface area contributed by atoms with Crippen molar-refractivity contribution >= 4 is 11.9 Å². The Hall–Kier alpha value is -5.90. The van der Waals surface area contributed by atoms with Crippen LogP contribution in [-0.4, -0.2) is 74.7 Å². The summed E-state index contributed by atoms with van der Waals surface area (Å²) in [5.74, 6) is 0.935. The van der Waals surface area contributed by atoms with Gasteiger partial charge in [-0.25, -0.2) is 4.79 Å². The van der Waals surface area contributed by atoms with Gasteiger partial charge in [-0.05, 0) is 105 Å². The number of halogens is 12. The fraction of sp³-hybridized carbons (Fsp3) is 0.480. The van der Waals surface area contributed by atoms with Crippen LogP contribution in [0.2, 0.25) is 0 Å². The molecule has 4 aromatic carbocycles. The minimum Gasteiger partial charge on any atom is -0.493 e. The Morgan fingerprint density at radius 1 is 0.611 bits per heavy atom. The van der Waals surface area contributed by atoms with Crippen molar-refractivity contribution in [3.05, 3.63) is 118 Å². The highest BCUT2D eigenvalue weighted by molar-refractivity contribution is 6.07. The number of hydrogen-bond donors (Lipinski definition) is 1. The third kappa shape index (κ3) is 11.8. The number of hydrogen-bond acceptors (Lipinski definition) is 8. The molecule has 0 radical (unpaired) electrons. The van der Waals surface area contributed by atoms with Crippen LogP contribution in [0.15, 0.2) is 84.9 Å². The molecule has 2 aliphatic heterocycles. The first-order valence-corrected chi connectivity index (χ1v) is 22.9. The normalized spacial score (nSPS) is 16.4. The summed E-state index contributed by atoms with van der Waals surface area (Å²) in [5.41, 5.74) is -10.5. The second-order valence-corrected chi connectivity index (χ2v) is 16.8. The van der Waals surface area contributed by atoms with Gasteiger partial charge in [-0.3, -0.25) is 9.69 Å². The molecule has 0 aliphatic carbocycles. The maximum absolute atomic E-state index is 13.9. The summed E-state index contributed by atoms with van der Waals surface area (Å²) < 4.78 is 196. The van der Waals surface area contributed by atoms with E-state index in [9.17, 15) is 62.3 Å². The molecule has 0 saturated carbocycles. The Bertz CT molecular complexity index is 2430. The van der Waals surface area contributed by atoms with Gasteiger partial charge in [-0.1, -0.05) is 75.2 Å². The zero-order chi connectivity index (χ0) is 53.3. The first-order valence-electron chi connectivity index (χ1n) is 22.9.